The molecule has 1 N–H and O–H groups in total. The number of nitrogens with zero attached hydrogens (tertiary/aromatic N) is 1. The van der Waals surface area contributed by atoms with Crippen LogP contribution in [0.1, 0.15) is 16.8 Å². The van der Waals surface area contributed by atoms with Gasteiger partial charge in [-0.15, -0.1) is 0 Å². The van der Waals surface area contributed by atoms with Crippen molar-refractivity contribution < 1.29 is 0 Å². The van der Waals surface area contributed by atoms with Gasteiger partial charge < -0.3 is 5.32 Å². The Bertz CT molecular complexity index is 747. The number of benzene rings is 2. The smallest absolute Gasteiger partial charge is 0.0725 e. The number of rotatable bonds is 3. The Morgan fingerprint density at radius 2 is 1.80 bits per heavy atom. The van der Waals surface area contributed by atoms with Crippen LogP contribution in [0.15, 0.2) is 54.6 Å². The second-order valence-corrected chi connectivity index (χ2v) is 5.17. The van der Waals surface area contributed by atoms with Gasteiger partial charge in [-0.25, -0.2) is 0 Å². The van der Waals surface area contributed by atoms with Crippen LogP contribution in [0.25, 0.3) is 10.9 Å². The number of aromatic nitrogens is 1. The number of anilines is 1. The van der Waals surface area contributed by atoms with Crippen molar-refractivity contribution in [3.63, 3.8) is 0 Å². The minimum absolute atomic E-state index is 0.828. The van der Waals surface area contributed by atoms with E-state index >= 15 is 0 Å². The number of pyridine rings is 1. The third-order valence-corrected chi connectivity index (χ3v) is 3.41. The van der Waals surface area contributed by atoms with Crippen LogP contribution in [0.5, 0.6) is 0 Å². The average Bonchev–Trinajstić information content (AvgIpc) is 2.44. The standard InChI is InChI=1S/C18H18N2/c1-13-6-5-7-15(10-13)12-19-18-11-14(2)20-17-9-4-3-8-16(17)18/h3-11H,12H2,1-2H3,(H,19,20). The fourth-order valence-electron chi connectivity index (χ4n) is 2.47. The Morgan fingerprint density at radius 3 is 2.65 bits per heavy atom. The quantitative estimate of drug-likeness (QED) is 0.753. The van der Waals surface area contributed by atoms with Gasteiger partial charge in [0.15, 0.2) is 0 Å². The van der Waals surface area contributed by atoms with E-state index < -0.39 is 0 Å². The summed E-state index contributed by atoms with van der Waals surface area (Å²) in [5.74, 6) is 0. The fourth-order valence-corrected chi connectivity index (χ4v) is 2.47. The summed E-state index contributed by atoms with van der Waals surface area (Å²) in [6.45, 7) is 4.98. The van der Waals surface area contributed by atoms with E-state index in [-0.39, 0.29) is 0 Å². The Hall–Kier alpha value is -2.35. The van der Waals surface area contributed by atoms with Gasteiger partial charge in [0.2, 0.25) is 0 Å². The summed E-state index contributed by atoms with van der Waals surface area (Å²) >= 11 is 0. The molecule has 2 aromatic carbocycles. The Kier molecular flexibility index (Phi) is 3.38. The molecule has 0 aliphatic rings. The van der Waals surface area contributed by atoms with Gasteiger partial charge in [0, 0.05) is 23.3 Å². The predicted octanol–water partition coefficient (Wildman–Crippen LogP) is 4.46. The first kappa shape index (κ1) is 12.7. The molecule has 0 saturated carbocycles. The molecule has 0 spiro atoms. The summed E-state index contributed by atoms with van der Waals surface area (Å²) in [7, 11) is 0. The number of para-hydroxylation sites is 1. The summed E-state index contributed by atoms with van der Waals surface area (Å²) in [6, 6.07) is 18.9. The molecule has 0 atom stereocenters. The van der Waals surface area contributed by atoms with Crippen molar-refractivity contribution >= 4 is 16.6 Å². The van der Waals surface area contributed by atoms with Gasteiger partial charge in [0.25, 0.3) is 0 Å². The van der Waals surface area contributed by atoms with E-state index in [1.165, 1.54) is 16.5 Å². The summed E-state index contributed by atoms with van der Waals surface area (Å²) < 4.78 is 0. The Morgan fingerprint density at radius 1 is 0.950 bits per heavy atom. The molecule has 20 heavy (non-hydrogen) atoms. The molecule has 0 amide bonds. The Balaban J connectivity index is 1.91. The van der Waals surface area contributed by atoms with Crippen molar-refractivity contribution in [2.75, 3.05) is 5.32 Å². The number of hydrogen-bond donors (Lipinski definition) is 1. The Labute approximate surface area is 119 Å². The SMILES string of the molecule is Cc1cccc(CNc2cc(C)nc3ccccc23)c1. The molecule has 0 aliphatic heterocycles. The topological polar surface area (TPSA) is 24.9 Å². The molecule has 0 saturated heterocycles. The predicted molar refractivity (Wildman–Crippen MR) is 85.0 cm³/mol. The molecule has 3 rings (SSSR count). The third-order valence-electron chi connectivity index (χ3n) is 3.41. The van der Waals surface area contributed by atoms with Crippen LogP contribution in [0.2, 0.25) is 0 Å². The largest absolute Gasteiger partial charge is 0.380 e. The molecule has 0 radical (unpaired) electrons. The maximum Gasteiger partial charge on any atom is 0.0725 e. The molecule has 0 aliphatic carbocycles. The van der Waals surface area contributed by atoms with Gasteiger partial charge in [-0.2, -0.15) is 0 Å². The molecule has 1 heterocycles. The number of nitrogens with one attached hydrogen (secondary N) is 1. The van der Waals surface area contributed by atoms with Crippen molar-refractivity contribution in [1.29, 1.82) is 0 Å². The molecule has 100 valence electrons. The van der Waals surface area contributed by atoms with Gasteiger partial charge in [0.1, 0.15) is 0 Å². The van der Waals surface area contributed by atoms with Gasteiger partial charge in [-0.05, 0) is 31.5 Å². The lowest BCUT2D eigenvalue weighted by Crippen LogP contribution is -2.01. The van der Waals surface area contributed by atoms with Crippen molar-refractivity contribution in [3.05, 3.63) is 71.4 Å². The first-order valence-electron chi connectivity index (χ1n) is 6.88. The molecule has 2 heteroatoms. The van der Waals surface area contributed by atoms with Crippen LogP contribution in [0.4, 0.5) is 5.69 Å². The van der Waals surface area contributed by atoms with Crippen LogP contribution in [0.3, 0.4) is 0 Å². The highest BCUT2D eigenvalue weighted by molar-refractivity contribution is 5.91. The zero-order valence-corrected chi connectivity index (χ0v) is 11.9. The fraction of sp³-hybridized carbons (Fsp3) is 0.167. The molecule has 1 aromatic heterocycles. The molecular weight excluding hydrogens is 244 g/mol. The maximum atomic E-state index is 4.57. The second kappa shape index (κ2) is 5.33. The van der Waals surface area contributed by atoms with Crippen LogP contribution in [-0.4, -0.2) is 4.98 Å². The number of fused-ring (bicyclic) bond motifs is 1. The first-order chi connectivity index (χ1) is 9.72. The molecule has 0 bridgehead atoms. The molecule has 0 unspecified atom stereocenters. The lowest BCUT2D eigenvalue weighted by Gasteiger charge is -2.11. The van der Waals surface area contributed by atoms with E-state index in [4.69, 9.17) is 0 Å². The van der Waals surface area contributed by atoms with Crippen LogP contribution in [-0.2, 0) is 6.54 Å². The molecule has 2 nitrogen and oxygen atoms in total. The summed E-state index contributed by atoms with van der Waals surface area (Å²) in [5, 5.41) is 4.70. The lowest BCUT2D eigenvalue weighted by molar-refractivity contribution is 1.14. The highest BCUT2D eigenvalue weighted by Gasteiger charge is 2.03. The van der Waals surface area contributed by atoms with Gasteiger partial charge in [-0.3, -0.25) is 4.98 Å². The van der Waals surface area contributed by atoms with Crippen molar-refractivity contribution in [3.8, 4) is 0 Å². The van der Waals surface area contributed by atoms with Gasteiger partial charge >= 0.3 is 0 Å². The zero-order chi connectivity index (χ0) is 13.9. The molecule has 0 fully saturated rings. The summed E-state index contributed by atoms with van der Waals surface area (Å²) in [5.41, 5.74) is 5.81. The van der Waals surface area contributed by atoms with E-state index in [9.17, 15) is 0 Å². The first-order valence-corrected chi connectivity index (χ1v) is 6.88. The molecular formula is C18H18N2. The van der Waals surface area contributed by atoms with Crippen LogP contribution >= 0.6 is 0 Å². The third kappa shape index (κ3) is 2.64. The van der Waals surface area contributed by atoms with Crippen molar-refractivity contribution in [2.45, 2.75) is 20.4 Å². The molecule has 3 aromatic rings. The zero-order valence-electron chi connectivity index (χ0n) is 11.9. The van der Waals surface area contributed by atoms with E-state index in [1.54, 1.807) is 0 Å². The minimum atomic E-state index is 0.828. The van der Waals surface area contributed by atoms with E-state index in [2.05, 4.69) is 65.8 Å². The van der Waals surface area contributed by atoms with Crippen LogP contribution in [0, 0.1) is 13.8 Å². The average molecular weight is 262 g/mol. The summed E-state index contributed by atoms with van der Waals surface area (Å²) in [6.07, 6.45) is 0. The van der Waals surface area contributed by atoms with Crippen molar-refractivity contribution in [2.24, 2.45) is 0 Å². The number of hydrogen-bond acceptors (Lipinski definition) is 2. The monoisotopic (exact) mass is 262 g/mol. The normalized spacial score (nSPS) is 10.7. The van der Waals surface area contributed by atoms with E-state index in [1.807, 2.05) is 13.0 Å². The highest BCUT2D eigenvalue weighted by Crippen LogP contribution is 2.23. The lowest BCUT2D eigenvalue weighted by atomic mass is 10.1. The number of aryl methyl sites for hydroxylation is 2. The van der Waals surface area contributed by atoms with Crippen LogP contribution < -0.4 is 5.32 Å². The minimum Gasteiger partial charge on any atom is -0.380 e. The highest BCUT2D eigenvalue weighted by atomic mass is 14.9. The van der Waals surface area contributed by atoms with Gasteiger partial charge in [-0.1, -0.05) is 48.0 Å². The van der Waals surface area contributed by atoms with Gasteiger partial charge in [0.05, 0.1) is 5.52 Å². The maximum absolute atomic E-state index is 4.57. The van der Waals surface area contributed by atoms with E-state index in [0.717, 1.165) is 23.4 Å². The van der Waals surface area contributed by atoms with Crippen molar-refractivity contribution in [1.82, 2.24) is 4.98 Å². The second-order valence-electron chi connectivity index (χ2n) is 5.17. The summed E-state index contributed by atoms with van der Waals surface area (Å²) in [4.78, 5) is 4.57. The van der Waals surface area contributed by atoms with E-state index in [0.29, 0.717) is 0 Å².